The summed E-state index contributed by atoms with van der Waals surface area (Å²) in [6, 6.07) is 18.7. The maximum atomic E-state index is 5.41. The van der Waals surface area contributed by atoms with Gasteiger partial charge in [-0.3, -0.25) is 0 Å². The molecule has 0 spiro atoms. The summed E-state index contributed by atoms with van der Waals surface area (Å²) in [4.78, 5) is 0.765. The van der Waals surface area contributed by atoms with Gasteiger partial charge in [0.2, 0.25) is 0 Å². The molecule has 0 aliphatic carbocycles. The van der Waals surface area contributed by atoms with Gasteiger partial charge < -0.3 is 5.32 Å². The molecule has 1 N–H and O–H groups in total. The van der Waals surface area contributed by atoms with Gasteiger partial charge in [0, 0.05) is 11.3 Å². The molecule has 2 rings (SSSR count). The molecule has 19 heavy (non-hydrogen) atoms. The van der Waals surface area contributed by atoms with Crippen LogP contribution in [0.2, 0.25) is 19.6 Å². The molecule has 0 fully saturated rings. The molecule has 0 aliphatic rings. The normalized spacial score (nSPS) is 11.1. The first-order valence-electron chi connectivity index (χ1n) is 6.44. The molecular formula is C16H19NSSi. The molecule has 0 aliphatic heterocycles. The maximum absolute atomic E-state index is 5.41. The number of hydrogen-bond donors (Lipinski definition) is 1. The number of benzene rings is 2. The van der Waals surface area contributed by atoms with Gasteiger partial charge in [0.05, 0.1) is 8.07 Å². The highest BCUT2D eigenvalue weighted by molar-refractivity contribution is 7.81. The highest BCUT2D eigenvalue weighted by Gasteiger charge is 2.15. The van der Waals surface area contributed by atoms with Crippen molar-refractivity contribution >= 4 is 36.2 Å². The van der Waals surface area contributed by atoms with E-state index in [4.69, 9.17) is 12.2 Å². The molecule has 2 aromatic carbocycles. The zero-order valence-electron chi connectivity index (χ0n) is 11.6. The van der Waals surface area contributed by atoms with Crippen molar-refractivity contribution < 1.29 is 0 Å². The van der Waals surface area contributed by atoms with Crippen LogP contribution in [0.25, 0.3) is 0 Å². The molecule has 1 nitrogen and oxygen atoms in total. The summed E-state index contributed by atoms with van der Waals surface area (Å²) in [5.41, 5.74) is 2.10. The molecule has 0 heterocycles. The van der Waals surface area contributed by atoms with Crippen LogP contribution in [0.5, 0.6) is 0 Å². The molecule has 0 unspecified atom stereocenters. The molecule has 0 aromatic heterocycles. The van der Waals surface area contributed by atoms with Crippen LogP contribution in [0.1, 0.15) is 5.56 Å². The fraction of sp³-hybridized carbons (Fsp3) is 0.188. The Bertz CT molecular complexity index is 556. The Morgan fingerprint density at radius 2 is 1.47 bits per heavy atom. The third-order valence-electron chi connectivity index (χ3n) is 3.04. The van der Waals surface area contributed by atoms with Gasteiger partial charge in [-0.1, -0.05) is 79.5 Å². The molecule has 0 bridgehead atoms. The van der Waals surface area contributed by atoms with Crippen molar-refractivity contribution in [2.24, 2.45) is 0 Å². The minimum Gasteiger partial charge on any atom is -0.346 e. The van der Waals surface area contributed by atoms with Crippen LogP contribution in [0.15, 0.2) is 54.6 Å². The topological polar surface area (TPSA) is 12.0 Å². The van der Waals surface area contributed by atoms with E-state index in [0.29, 0.717) is 0 Å². The molecule has 0 radical (unpaired) electrons. The summed E-state index contributed by atoms with van der Waals surface area (Å²) in [6.07, 6.45) is 0. The van der Waals surface area contributed by atoms with E-state index >= 15 is 0 Å². The minimum absolute atomic E-state index is 0.765. The van der Waals surface area contributed by atoms with Crippen LogP contribution >= 0.6 is 12.2 Å². The van der Waals surface area contributed by atoms with Crippen molar-refractivity contribution in [1.82, 2.24) is 0 Å². The highest BCUT2D eigenvalue weighted by Crippen LogP contribution is 2.11. The quantitative estimate of drug-likeness (QED) is 0.675. The molecule has 0 saturated heterocycles. The molecule has 3 heteroatoms. The van der Waals surface area contributed by atoms with Crippen molar-refractivity contribution in [2.45, 2.75) is 19.6 Å². The number of nitrogens with one attached hydrogen (secondary N) is 1. The number of anilines is 1. The van der Waals surface area contributed by atoms with Crippen LogP contribution in [0.3, 0.4) is 0 Å². The average Bonchev–Trinajstić information content (AvgIpc) is 2.39. The van der Waals surface area contributed by atoms with Crippen LogP contribution in [-0.4, -0.2) is 13.1 Å². The molecule has 2 aromatic rings. The lowest BCUT2D eigenvalue weighted by Gasteiger charge is -2.17. The Kier molecular flexibility index (Phi) is 4.17. The molecule has 0 amide bonds. The van der Waals surface area contributed by atoms with Gasteiger partial charge in [-0.2, -0.15) is 0 Å². The van der Waals surface area contributed by atoms with E-state index < -0.39 is 8.07 Å². The summed E-state index contributed by atoms with van der Waals surface area (Å²) < 4.78 is 0. The molecule has 0 atom stereocenters. The fourth-order valence-electron chi connectivity index (χ4n) is 1.85. The second-order valence-corrected chi connectivity index (χ2v) is 11.1. The number of rotatable bonds is 3. The van der Waals surface area contributed by atoms with E-state index in [9.17, 15) is 0 Å². The first-order chi connectivity index (χ1) is 8.97. The minimum atomic E-state index is -1.22. The average molecular weight is 285 g/mol. The third-order valence-corrected chi connectivity index (χ3v) is 5.45. The van der Waals surface area contributed by atoms with E-state index in [2.05, 4.69) is 49.2 Å². The Balaban J connectivity index is 2.10. The zero-order chi connectivity index (χ0) is 13.9. The van der Waals surface area contributed by atoms with Gasteiger partial charge in [0.1, 0.15) is 4.99 Å². The predicted molar refractivity (Wildman–Crippen MR) is 91.2 cm³/mol. The fourth-order valence-corrected chi connectivity index (χ4v) is 3.27. The van der Waals surface area contributed by atoms with E-state index in [1.165, 1.54) is 5.19 Å². The molecule has 0 saturated carbocycles. The van der Waals surface area contributed by atoms with E-state index in [-0.39, 0.29) is 0 Å². The third kappa shape index (κ3) is 3.75. The lowest BCUT2D eigenvalue weighted by Crippen LogP contribution is -2.37. The smallest absolute Gasteiger partial charge is 0.110 e. The van der Waals surface area contributed by atoms with Gasteiger partial charge >= 0.3 is 0 Å². The summed E-state index contributed by atoms with van der Waals surface area (Å²) >= 11 is 5.41. The molecule has 98 valence electrons. The second-order valence-electron chi connectivity index (χ2n) is 5.65. The Labute approximate surface area is 121 Å². The van der Waals surface area contributed by atoms with Gasteiger partial charge in [0.25, 0.3) is 0 Å². The second kappa shape index (κ2) is 5.68. The van der Waals surface area contributed by atoms with Gasteiger partial charge in [-0.05, 0) is 12.1 Å². The van der Waals surface area contributed by atoms with E-state index in [1.54, 1.807) is 0 Å². The van der Waals surface area contributed by atoms with Crippen molar-refractivity contribution in [1.29, 1.82) is 0 Å². The van der Waals surface area contributed by atoms with Gasteiger partial charge in [-0.15, -0.1) is 0 Å². The molecular weight excluding hydrogens is 266 g/mol. The summed E-state index contributed by atoms with van der Waals surface area (Å²) in [5, 5.41) is 4.75. The lowest BCUT2D eigenvalue weighted by atomic mass is 10.2. The lowest BCUT2D eigenvalue weighted by molar-refractivity contribution is 1.61. The summed E-state index contributed by atoms with van der Waals surface area (Å²) in [7, 11) is -1.22. The largest absolute Gasteiger partial charge is 0.346 e. The zero-order valence-corrected chi connectivity index (χ0v) is 13.4. The Morgan fingerprint density at radius 1 is 0.895 bits per heavy atom. The van der Waals surface area contributed by atoms with Crippen LogP contribution in [-0.2, 0) is 0 Å². The first kappa shape index (κ1) is 14.0. The number of thiocarbonyl (C=S) groups is 1. The SMILES string of the molecule is C[Si](C)(C)c1ccc(NC(=S)c2ccccc2)cc1. The van der Waals surface area contributed by atoms with Crippen LogP contribution < -0.4 is 10.5 Å². The van der Waals surface area contributed by atoms with Crippen molar-refractivity contribution in [3.63, 3.8) is 0 Å². The number of hydrogen-bond acceptors (Lipinski definition) is 1. The Hall–Kier alpha value is -1.45. The maximum Gasteiger partial charge on any atom is 0.110 e. The highest BCUT2D eigenvalue weighted by atomic mass is 32.1. The predicted octanol–water partition coefficient (Wildman–Crippen LogP) is 4.02. The van der Waals surface area contributed by atoms with Gasteiger partial charge in [0.15, 0.2) is 0 Å². The van der Waals surface area contributed by atoms with Crippen molar-refractivity contribution in [3.8, 4) is 0 Å². The summed E-state index contributed by atoms with van der Waals surface area (Å²) in [5.74, 6) is 0. The van der Waals surface area contributed by atoms with Crippen molar-refractivity contribution in [3.05, 3.63) is 60.2 Å². The van der Waals surface area contributed by atoms with E-state index in [0.717, 1.165) is 16.2 Å². The van der Waals surface area contributed by atoms with Gasteiger partial charge in [-0.25, -0.2) is 0 Å². The standard InChI is InChI=1S/C16H19NSSi/c1-19(2,3)15-11-9-14(10-12-15)17-16(18)13-7-5-4-6-8-13/h4-12H,1-3H3,(H,17,18). The monoisotopic (exact) mass is 285 g/mol. The first-order valence-corrected chi connectivity index (χ1v) is 10.3. The van der Waals surface area contributed by atoms with E-state index in [1.807, 2.05) is 30.3 Å². The van der Waals surface area contributed by atoms with Crippen LogP contribution in [0, 0.1) is 0 Å². The van der Waals surface area contributed by atoms with Crippen molar-refractivity contribution in [2.75, 3.05) is 5.32 Å². The van der Waals surface area contributed by atoms with Crippen LogP contribution in [0.4, 0.5) is 5.69 Å². The summed E-state index contributed by atoms with van der Waals surface area (Å²) in [6.45, 7) is 7.05. The Morgan fingerprint density at radius 3 is 2.00 bits per heavy atom.